The molecule has 3 rings (SSSR count). The highest BCUT2D eigenvalue weighted by molar-refractivity contribution is 7.11. The molecule has 1 aromatic carbocycles. The molecule has 6 nitrogen and oxygen atoms in total. The number of nitrogens with zero attached hydrogens (tertiary/aromatic N) is 2. The molecule has 0 radical (unpaired) electrons. The largest absolute Gasteiger partial charge is 0.382 e. The lowest BCUT2D eigenvalue weighted by atomic mass is 10.1. The van der Waals surface area contributed by atoms with E-state index in [1.54, 1.807) is 11.3 Å². The monoisotopic (exact) mass is 341 g/mol. The normalized spacial score (nSPS) is 10.8. The summed E-state index contributed by atoms with van der Waals surface area (Å²) < 4.78 is 0. The Labute approximate surface area is 144 Å². The van der Waals surface area contributed by atoms with Crippen molar-refractivity contribution < 1.29 is 4.79 Å². The average Bonchev–Trinajstić information content (AvgIpc) is 3.11. The summed E-state index contributed by atoms with van der Waals surface area (Å²) >= 11 is 1.66. The second-order valence-corrected chi connectivity index (χ2v) is 6.77. The predicted octanol–water partition coefficient (Wildman–Crippen LogP) is 2.70. The lowest BCUT2D eigenvalue weighted by Gasteiger charge is -2.05. The number of benzene rings is 1. The van der Waals surface area contributed by atoms with E-state index in [2.05, 4.69) is 27.4 Å². The van der Waals surface area contributed by atoms with E-state index >= 15 is 0 Å². The first kappa shape index (κ1) is 16.2. The highest BCUT2D eigenvalue weighted by atomic mass is 32.1. The summed E-state index contributed by atoms with van der Waals surface area (Å²) in [6.45, 7) is 4.56. The Balaban J connectivity index is 1.70. The number of H-pyrrole nitrogens is 1. The van der Waals surface area contributed by atoms with Gasteiger partial charge in [0.05, 0.1) is 16.3 Å². The van der Waals surface area contributed by atoms with Gasteiger partial charge in [-0.2, -0.15) is 5.10 Å². The number of nitrogens with two attached hydrogens (primary N) is 1. The minimum absolute atomic E-state index is 0.219. The number of anilines is 1. The fourth-order valence-electron chi connectivity index (χ4n) is 2.43. The van der Waals surface area contributed by atoms with Gasteiger partial charge in [0.1, 0.15) is 5.69 Å². The van der Waals surface area contributed by atoms with Crippen molar-refractivity contribution in [2.75, 3.05) is 12.3 Å². The average molecular weight is 341 g/mol. The molecule has 0 fully saturated rings. The number of thiazole rings is 1. The number of hydrogen-bond donors (Lipinski definition) is 3. The van der Waals surface area contributed by atoms with Crippen LogP contribution in [0.1, 0.15) is 26.1 Å². The van der Waals surface area contributed by atoms with Gasteiger partial charge in [-0.15, -0.1) is 11.3 Å². The molecule has 0 aliphatic rings. The van der Waals surface area contributed by atoms with E-state index in [4.69, 9.17) is 5.73 Å². The molecule has 0 bridgehead atoms. The van der Waals surface area contributed by atoms with Crippen LogP contribution in [-0.4, -0.2) is 27.6 Å². The van der Waals surface area contributed by atoms with Crippen LogP contribution in [0.5, 0.6) is 0 Å². The molecule has 0 unspecified atom stereocenters. The minimum Gasteiger partial charge on any atom is -0.382 e. The van der Waals surface area contributed by atoms with Crippen molar-refractivity contribution in [2.24, 2.45) is 0 Å². The lowest BCUT2D eigenvalue weighted by molar-refractivity contribution is 0.0950. The molecule has 0 aliphatic heterocycles. The molecule has 0 saturated heterocycles. The highest BCUT2D eigenvalue weighted by Gasteiger charge is 2.18. The van der Waals surface area contributed by atoms with Gasteiger partial charge in [0.25, 0.3) is 5.91 Å². The van der Waals surface area contributed by atoms with Gasteiger partial charge in [-0.3, -0.25) is 9.89 Å². The molecule has 3 aromatic rings. The zero-order chi connectivity index (χ0) is 17.1. The summed E-state index contributed by atoms with van der Waals surface area (Å²) in [6.07, 6.45) is 0.704. The van der Waals surface area contributed by atoms with Gasteiger partial charge in [0.2, 0.25) is 0 Å². The Morgan fingerprint density at radius 2 is 2.04 bits per heavy atom. The molecule has 2 aromatic heterocycles. The first-order valence-electron chi connectivity index (χ1n) is 7.66. The SMILES string of the molecule is Cc1nc(CCNC(=O)c2[nH]nc(N)c2-c2ccccc2)sc1C. The van der Waals surface area contributed by atoms with Gasteiger partial charge in [-0.1, -0.05) is 30.3 Å². The smallest absolute Gasteiger partial charge is 0.270 e. The molecular weight excluding hydrogens is 322 g/mol. The summed E-state index contributed by atoms with van der Waals surface area (Å²) in [5.41, 5.74) is 8.84. The quantitative estimate of drug-likeness (QED) is 0.665. The van der Waals surface area contributed by atoms with Crippen LogP contribution in [-0.2, 0) is 6.42 Å². The molecule has 2 heterocycles. The third kappa shape index (κ3) is 3.30. The van der Waals surface area contributed by atoms with E-state index in [9.17, 15) is 4.79 Å². The Bertz CT molecular complexity index is 834. The first-order valence-corrected chi connectivity index (χ1v) is 8.48. The molecule has 0 aliphatic carbocycles. The van der Waals surface area contributed by atoms with Crippen LogP contribution in [0.25, 0.3) is 11.1 Å². The maximum atomic E-state index is 12.5. The summed E-state index contributed by atoms with van der Waals surface area (Å²) in [4.78, 5) is 18.1. The number of aromatic nitrogens is 3. The number of amides is 1. The Hall–Kier alpha value is -2.67. The maximum absolute atomic E-state index is 12.5. The molecule has 4 N–H and O–H groups in total. The van der Waals surface area contributed by atoms with Crippen LogP contribution in [0.15, 0.2) is 30.3 Å². The molecular formula is C17H19N5OS. The predicted molar refractivity (Wildman–Crippen MR) is 96.1 cm³/mol. The standard InChI is InChI=1S/C17H19N5OS/c1-10-11(2)24-13(20-10)8-9-19-17(23)15-14(16(18)22-21-15)12-6-4-3-5-7-12/h3-7H,8-9H2,1-2H3,(H,19,23)(H3,18,21,22). The second kappa shape index (κ2) is 6.84. The fourth-order valence-corrected chi connectivity index (χ4v) is 3.37. The number of aryl methyl sites for hydroxylation is 2. The van der Waals surface area contributed by atoms with E-state index in [1.807, 2.05) is 37.3 Å². The van der Waals surface area contributed by atoms with Gasteiger partial charge in [-0.05, 0) is 19.4 Å². The summed E-state index contributed by atoms with van der Waals surface area (Å²) in [7, 11) is 0. The first-order chi connectivity index (χ1) is 11.6. The van der Waals surface area contributed by atoms with Crippen molar-refractivity contribution in [2.45, 2.75) is 20.3 Å². The number of nitrogens with one attached hydrogen (secondary N) is 2. The third-order valence-electron chi connectivity index (χ3n) is 3.78. The van der Waals surface area contributed by atoms with Crippen molar-refractivity contribution in [3.8, 4) is 11.1 Å². The zero-order valence-corrected chi connectivity index (χ0v) is 14.4. The minimum atomic E-state index is -0.219. The fraction of sp³-hybridized carbons (Fsp3) is 0.235. The number of carbonyl (C=O) groups excluding carboxylic acids is 1. The van der Waals surface area contributed by atoms with Crippen molar-refractivity contribution in [3.05, 3.63) is 51.6 Å². The number of carbonyl (C=O) groups is 1. The van der Waals surface area contributed by atoms with Crippen LogP contribution >= 0.6 is 11.3 Å². The number of hydrogen-bond acceptors (Lipinski definition) is 5. The van der Waals surface area contributed by atoms with Gasteiger partial charge in [-0.25, -0.2) is 4.98 Å². The Morgan fingerprint density at radius 1 is 1.29 bits per heavy atom. The second-order valence-electron chi connectivity index (χ2n) is 5.48. The van der Waals surface area contributed by atoms with Crippen LogP contribution in [0.3, 0.4) is 0 Å². The van der Waals surface area contributed by atoms with Gasteiger partial charge < -0.3 is 11.1 Å². The van der Waals surface area contributed by atoms with E-state index < -0.39 is 0 Å². The molecule has 1 amide bonds. The number of nitrogen functional groups attached to an aromatic ring is 1. The van der Waals surface area contributed by atoms with Crippen LogP contribution < -0.4 is 11.1 Å². The van der Waals surface area contributed by atoms with Crippen molar-refractivity contribution in [1.82, 2.24) is 20.5 Å². The zero-order valence-electron chi connectivity index (χ0n) is 13.6. The third-order valence-corrected chi connectivity index (χ3v) is 4.91. The van der Waals surface area contributed by atoms with Crippen molar-refractivity contribution >= 4 is 23.1 Å². The Morgan fingerprint density at radius 3 is 2.71 bits per heavy atom. The van der Waals surface area contributed by atoms with Crippen LogP contribution in [0, 0.1) is 13.8 Å². The molecule has 7 heteroatoms. The maximum Gasteiger partial charge on any atom is 0.270 e. The van der Waals surface area contributed by atoms with E-state index in [-0.39, 0.29) is 5.91 Å². The molecule has 0 spiro atoms. The van der Waals surface area contributed by atoms with E-state index in [0.29, 0.717) is 30.0 Å². The van der Waals surface area contributed by atoms with Crippen molar-refractivity contribution in [3.63, 3.8) is 0 Å². The van der Waals surface area contributed by atoms with Crippen LogP contribution in [0.4, 0.5) is 5.82 Å². The summed E-state index contributed by atoms with van der Waals surface area (Å²) in [5, 5.41) is 10.6. The summed E-state index contributed by atoms with van der Waals surface area (Å²) in [5.74, 6) is 0.0978. The molecule has 0 atom stereocenters. The van der Waals surface area contributed by atoms with Gasteiger partial charge in [0, 0.05) is 17.8 Å². The highest BCUT2D eigenvalue weighted by Crippen LogP contribution is 2.27. The summed E-state index contributed by atoms with van der Waals surface area (Å²) in [6, 6.07) is 9.52. The molecule has 124 valence electrons. The topological polar surface area (TPSA) is 96.7 Å². The van der Waals surface area contributed by atoms with Crippen LogP contribution in [0.2, 0.25) is 0 Å². The van der Waals surface area contributed by atoms with Gasteiger partial charge >= 0.3 is 0 Å². The number of aromatic amines is 1. The number of rotatable bonds is 5. The van der Waals surface area contributed by atoms with E-state index in [1.165, 1.54) is 4.88 Å². The molecule has 24 heavy (non-hydrogen) atoms. The van der Waals surface area contributed by atoms with Gasteiger partial charge in [0.15, 0.2) is 5.82 Å². The Kier molecular flexibility index (Phi) is 4.61. The van der Waals surface area contributed by atoms with Crippen molar-refractivity contribution in [1.29, 1.82) is 0 Å². The lowest BCUT2D eigenvalue weighted by Crippen LogP contribution is -2.26. The van der Waals surface area contributed by atoms with E-state index in [0.717, 1.165) is 16.3 Å². The molecule has 0 saturated carbocycles.